The molecule has 6 nitrogen and oxygen atoms in total. The number of aromatic nitrogens is 2. The second-order valence-corrected chi connectivity index (χ2v) is 7.46. The minimum absolute atomic E-state index is 0.113. The first kappa shape index (κ1) is 16.7. The molecule has 3 heterocycles. The molecule has 0 saturated carbocycles. The summed E-state index contributed by atoms with van der Waals surface area (Å²) in [4.78, 5) is 29.6. The van der Waals surface area contributed by atoms with Crippen LogP contribution in [0.3, 0.4) is 0 Å². The quantitative estimate of drug-likeness (QED) is 0.540. The summed E-state index contributed by atoms with van der Waals surface area (Å²) in [6.45, 7) is 0.432. The van der Waals surface area contributed by atoms with Gasteiger partial charge in [-0.05, 0) is 30.0 Å². The van der Waals surface area contributed by atoms with Gasteiger partial charge in [-0.25, -0.2) is 9.78 Å². The summed E-state index contributed by atoms with van der Waals surface area (Å²) >= 11 is 3.02. The van der Waals surface area contributed by atoms with Crippen molar-refractivity contribution in [2.45, 2.75) is 19.4 Å². The first-order valence-electron chi connectivity index (χ1n) is 8.08. The summed E-state index contributed by atoms with van der Waals surface area (Å²) in [6.07, 6.45) is 0.846. The van der Waals surface area contributed by atoms with Crippen molar-refractivity contribution in [3.05, 3.63) is 57.7 Å². The largest absolute Gasteiger partial charge is 0.419 e. The van der Waals surface area contributed by atoms with Crippen LogP contribution in [0, 0.1) is 0 Å². The minimum Gasteiger partial charge on any atom is -0.408 e. The van der Waals surface area contributed by atoms with Gasteiger partial charge in [-0.3, -0.25) is 9.36 Å². The zero-order valence-electron chi connectivity index (χ0n) is 13.7. The Morgan fingerprint density at radius 3 is 2.92 bits per heavy atom. The van der Waals surface area contributed by atoms with Crippen molar-refractivity contribution in [1.82, 2.24) is 9.55 Å². The highest BCUT2D eigenvalue weighted by Crippen LogP contribution is 2.28. The molecule has 0 unspecified atom stereocenters. The topological polar surface area (TPSA) is 77.1 Å². The van der Waals surface area contributed by atoms with Crippen LogP contribution in [0.4, 0.5) is 5.13 Å². The van der Waals surface area contributed by atoms with Crippen LogP contribution >= 0.6 is 22.7 Å². The number of anilines is 1. The lowest BCUT2D eigenvalue weighted by Crippen LogP contribution is -2.17. The number of nitrogens with one attached hydrogen (secondary N) is 1. The highest BCUT2D eigenvalue weighted by atomic mass is 32.1. The van der Waals surface area contributed by atoms with E-state index in [1.54, 1.807) is 22.0 Å². The standard InChI is InChI=1S/C18H15N3O3S2/c22-16(20-17-19-12(11-26-17)15-7-4-10-25-15)8-3-9-21-13-5-1-2-6-14(13)24-18(21)23/h1-2,4-7,10-11H,3,8-9H2,(H,19,20,22). The van der Waals surface area contributed by atoms with Crippen LogP contribution in [-0.4, -0.2) is 15.5 Å². The molecule has 4 rings (SSSR count). The van der Waals surface area contributed by atoms with Crippen LogP contribution in [-0.2, 0) is 11.3 Å². The maximum Gasteiger partial charge on any atom is 0.419 e. The van der Waals surface area contributed by atoms with E-state index < -0.39 is 5.76 Å². The molecule has 0 spiro atoms. The molecule has 0 aliphatic rings. The number of hydrogen-bond donors (Lipinski definition) is 1. The zero-order valence-corrected chi connectivity index (χ0v) is 15.3. The van der Waals surface area contributed by atoms with E-state index in [0.29, 0.717) is 30.1 Å². The maximum absolute atomic E-state index is 12.1. The molecule has 1 aromatic carbocycles. The fraction of sp³-hybridized carbons (Fsp3) is 0.167. The molecule has 1 N–H and O–H groups in total. The van der Waals surface area contributed by atoms with Gasteiger partial charge in [-0.2, -0.15) is 0 Å². The van der Waals surface area contributed by atoms with E-state index in [4.69, 9.17) is 4.42 Å². The average molecular weight is 385 g/mol. The van der Waals surface area contributed by atoms with Crippen LogP contribution in [0.1, 0.15) is 12.8 Å². The molecular weight excluding hydrogens is 370 g/mol. The lowest BCUT2D eigenvalue weighted by atomic mass is 10.3. The normalized spacial score (nSPS) is 11.1. The summed E-state index contributed by atoms with van der Waals surface area (Å²) in [6, 6.07) is 11.2. The molecule has 0 aliphatic heterocycles. The van der Waals surface area contributed by atoms with E-state index >= 15 is 0 Å². The van der Waals surface area contributed by atoms with Gasteiger partial charge in [-0.15, -0.1) is 22.7 Å². The van der Waals surface area contributed by atoms with Crippen LogP contribution in [0.25, 0.3) is 21.7 Å². The van der Waals surface area contributed by atoms with Crippen LogP contribution in [0.2, 0.25) is 0 Å². The lowest BCUT2D eigenvalue weighted by Gasteiger charge is -2.03. The number of para-hydroxylation sites is 2. The van der Waals surface area contributed by atoms with Crippen molar-refractivity contribution in [2.75, 3.05) is 5.32 Å². The smallest absolute Gasteiger partial charge is 0.408 e. The Hall–Kier alpha value is -2.71. The van der Waals surface area contributed by atoms with Gasteiger partial charge in [-0.1, -0.05) is 18.2 Å². The predicted octanol–water partition coefficient (Wildman–Crippen LogP) is 4.20. The summed E-state index contributed by atoms with van der Waals surface area (Å²) < 4.78 is 6.75. The van der Waals surface area contributed by atoms with Crippen LogP contribution < -0.4 is 11.1 Å². The Bertz CT molecular complexity index is 1090. The van der Waals surface area contributed by atoms with E-state index in [1.165, 1.54) is 11.3 Å². The third-order valence-electron chi connectivity index (χ3n) is 3.88. The number of nitrogens with zero attached hydrogens (tertiary/aromatic N) is 2. The molecule has 0 aliphatic carbocycles. The molecule has 0 radical (unpaired) electrons. The molecule has 132 valence electrons. The maximum atomic E-state index is 12.1. The molecule has 26 heavy (non-hydrogen) atoms. The number of benzene rings is 1. The van der Waals surface area contributed by atoms with E-state index in [0.717, 1.165) is 16.1 Å². The lowest BCUT2D eigenvalue weighted by molar-refractivity contribution is -0.116. The monoisotopic (exact) mass is 385 g/mol. The molecule has 3 aromatic heterocycles. The van der Waals surface area contributed by atoms with Gasteiger partial charge in [0.1, 0.15) is 0 Å². The van der Waals surface area contributed by atoms with E-state index in [2.05, 4.69) is 10.3 Å². The number of fused-ring (bicyclic) bond motifs is 1. The second-order valence-electron chi connectivity index (χ2n) is 5.65. The first-order chi connectivity index (χ1) is 12.7. The van der Waals surface area contributed by atoms with Crippen molar-refractivity contribution >= 4 is 44.8 Å². The number of hydrogen-bond acceptors (Lipinski definition) is 6. The Kier molecular flexibility index (Phi) is 4.68. The Morgan fingerprint density at radius 1 is 1.19 bits per heavy atom. The molecule has 4 aromatic rings. The van der Waals surface area contributed by atoms with Crippen molar-refractivity contribution in [1.29, 1.82) is 0 Å². The van der Waals surface area contributed by atoms with Gasteiger partial charge in [0.25, 0.3) is 0 Å². The highest BCUT2D eigenvalue weighted by Gasteiger charge is 2.11. The Morgan fingerprint density at radius 2 is 2.08 bits per heavy atom. The molecular formula is C18H15N3O3S2. The van der Waals surface area contributed by atoms with Crippen molar-refractivity contribution in [3.63, 3.8) is 0 Å². The van der Waals surface area contributed by atoms with Gasteiger partial charge in [0.2, 0.25) is 5.91 Å². The Labute approximate surface area is 156 Å². The van der Waals surface area contributed by atoms with Gasteiger partial charge < -0.3 is 9.73 Å². The summed E-state index contributed by atoms with van der Waals surface area (Å²) in [5.74, 6) is -0.509. The van der Waals surface area contributed by atoms with Gasteiger partial charge in [0.15, 0.2) is 10.7 Å². The fourth-order valence-electron chi connectivity index (χ4n) is 2.67. The Balaban J connectivity index is 1.34. The molecule has 8 heteroatoms. The van der Waals surface area contributed by atoms with Crippen LogP contribution in [0.15, 0.2) is 56.4 Å². The van der Waals surface area contributed by atoms with Crippen molar-refractivity contribution in [2.24, 2.45) is 0 Å². The highest BCUT2D eigenvalue weighted by molar-refractivity contribution is 7.16. The second kappa shape index (κ2) is 7.27. The van der Waals surface area contributed by atoms with Crippen molar-refractivity contribution in [3.8, 4) is 10.6 Å². The van der Waals surface area contributed by atoms with Gasteiger partial charge >= 0.3 is 5.76 Å². The molecule has 0 bridgehead atoms. The number of oxazole rings is 1. The van der Waals surface area contributed by atoms with Crippen molar-refractivity contribution < 1.29 is 9.21 Å². The zero-order chi connectivity index (χ0) is 17.9. The van der Waals surface area contributed by atoms with Crippen LogP contribution in [0.5, 0.6) is 0 Å². The number of aryl methyl sites for hydroxylation is 1. The number of amides is 1. The van der Waals surface area contributed by atoms with Gasteiger partial charge in [0, 0.05) is 18.3 Å². The summed E-state index contributed by atoms with van der Waals surface area (Å²) in [7, 11) is 0. The molecule has 1 amide bonds. The summed E-state index contributed by atoms with van der Waals surface area (Å²) in [5.41, 5.74) is 2.18. The first-order valence-corrected chi connectivity index (χ1v) is 9.84. The molecule has 0 atom stereocenters. The molecule has 0 fully saturated rings. The van der Waals surface area contributed by atoms with E-state index in [-0.39, 0.29) is 5.91 Å². The minimum atomic E-state index is -0.396. The van der Waals surface area contributed by atoms with E-state index in [9.17, 15) is 9.59 Å². The SMILES string of the molecule is O=C(CCCn1c(=O)oc2ccccc21)Nc1nc(-c2cccs2)cs1. The third-order valence-corrected chi connectivity index (χ3v) is 5.53. The summed E-state index contributed by atoms with van der Waals surface area (Å²) in [5, 5.41) is 7.33. The third kappa shape index (κ3) is 3.47. The number of thiazole rings is 1. The predicted molar refractivity (Wildman–Crippen MR) is 104 cm³/mol. The number of carbonyl (C=O) groups excluding carboxylic acids is 1. The number of thiophene rings is 1. The fourth-order valence-corrected chi connectivity index (χ4v) is 4.16. The van der Waals surface area contributed by atoms with E-state index in [1.807, 2.05) is 41.1 Å². The average Bonchev–Trinajstić information content (AvgIpc) is 3.35. The number of rotatable bonds is 6. The van der Waals surface area contributed by atoms with Gasteiger partial charge in [0.05, 0.1) is 16.1 Å². The molecule has 0 saturated heterocycles. The number of carbonyl (C=O) groups is 1.